The number of hydrogen-bond donors (Lipinski definition) is 2. The summed E-state index contributed by atoms with van der Waals surface area (Å²) in [5.41, 5.74) is 4.50. The van der Waals surface area contributed by atoms with E-state index in [9.17, 15) is 4.79 Å². The molecule has 0 saturated heterocycles. The van der Waals surface area contributed by atoms with Gasteiger partial charge in [-0.1, -0.05) is 34.8 Å². The number of nitrogens with one attached hydrogen (secondary N) is 2. The van der Waals surface area contributed by atoms with E-state index in [2.05, 4.69) is 20.5 Å². The first-order chi connectivity index (χ1) is 13.4. The molecule has 0 spiro atoms. The van der Waals surface area contributed by atoms with Gasteiger partial charge in [0.15, 0.2) is 0 Å². The van der Waals surface area contributed by atoms with Crippen LogP contribution in [0.5, 0.6) is 5.75 Å². The molecule has 0 fully saturated rings. The minimum atomic E-state index is -0.244. The number of nitrogens with zero attached hydrogens (tertiary/aromatic N) is 2. The van der Waals surface area contributed by atoms with E-state index in [4.69, 9.17) is 39.5 Å². The molecule has 6 nitrogen and oxygen atoms in total. The number of benzene rings is 2. The zero-order valence-corrected chi connectivity index (χ0v) is 16.9. The van der Waals surface area contributed by atoms with Crippen molar-refractivity contribution < 1.29 is 4.74 Å². The van der Waals surface area contributed by atoms with E-state index in [1.165, 1.54) is 6.07 Å². The third-order valence-corrected chi connectivity index (χ3v) is 4.85. The quantitative estimate of drug-likeness (QED) is 0.321. The molecule has 0 aliphatic heterocycles. The Kier molecular flexibility index (Phi) is 6.57. The Balaban J connectivity index is 1.61. The normalized spacial score (nSPS) is 11.0. The number of aryl methyl sites for hydroxylation is 1. The van der Waals surface area contributed by atoms with Crippen LogP contribution in [0.2, 0.25) is 15.1 Å². The number of ether oxygens (including phenoxy) is 1. The zero-order valence-electron chi connectivity index (χ0n) is 14.7. The van der Waals surface area contributed by atoms with Crippen LogP contribution in [0.15, 0.2) is 52.4 Å². The zero-order chi connectivity index (χ0) is 20.1. The van der Waals surface area contributed by atoms with Crippen LogP contribution in [0.4, 0.5) is 5.95 Å². The Morgan fingerprint density at radius 2 is 1.86 bits per heavy atom. The number of hydrogen-bond acceptors (Lipinski definition) is 5. The maximum atomic E-state index is 11.4. The second-order valence-electron chi connectivity index (χ2n) is 5.78. The number of halogens is 3. The SMILES string of the molecule is Cc1cc(=O)[nH]c(N/N=C/c2ccc(OCc3c(Cl)ccc(Cl)c3Cl)cc2)n1. The fourth-order valence-electron chi connectivity index (χ4n) is 2.31. The minimum absolute atomic E-state index is 0.194. The summed E-state index contributed by atoms with van der Waals surface area (Å²) in [6.45, 7) is 1.92. The van der Waals surface area contributed by atoms with E-state index in [-0.39, 0.29) is 18.1 Å². The fraction of sp³-hybridized carbons (Fsp3) is 0.105. The number of anilines is 1. The van der Waals surface area contributed by atoms with Gasteiger partial charge in [-0.15, -0.1) is 0 Å². The molecule has 0 aliphatic carbocycles. The highest BCUT2D eigenvalue weighted by molar-refractivity contribution is 6.44. The lowest BCUT2D eigenvalue weighted by Gasteiger charge is -2.10. The average molecular weight is 438 g/mol. The molecule has 0 atom stereocenters. The number of H-pyrrole nitrogens is 1. The molecule has 28 heavy (non-hydrogen) atoms. The first-order valence-electron chi connectivity index (χ1n) is 8.14. The van der Waals surface area contributed by atoms with Gasteiger partial charge in [0.2, 0.25) is 5.95 Å². The smallest absolute Gasteiger partial charge is 0.252 e. The molecular weight excluding hydrogens is 423 g/mol. The standard InChI is InChI=1S/C19H15Cl3N4O2/c1-11-8-17(27)25-19(24-11)26-23-9-12-2-4-13(5-3-12)28-10-14-15(20)6-7-16(21)18(14)22/h2-9H,10H2,1H3,(H2,24,25,26,27)/b23-9+. The van der Waals surface area contributed by atoms with Crippen molar-refractivity contribution in [2.75, 3.05) is 5.43 Å². The van der Waals surface area contributed by atoms with Crippen LogP contribution in [-0.4, -0.2) is 16.2 Å². The van der Waals surface area contributed by atoms with Gasteiger partial charge >= 0.3 is 0 Å². The summed E-state index contributed by atoms with van der Waals surface area (Å²) < 4.78 is 5.73. The van der Waals surface area contributed by atoms with Gasteiger partial charge in [0, 0.05) is 22.3 Å². The van der Waals surface area contributed by atoms with E-state index in [1.54, 1.807) is 37.4 Å². The molecule has 0 aliphatic rings. The first kappa shape index (κ1) is 20.2. The summed E-state index contributed by atoms with van der Waals surface area (Å²) in [5, 5.41) is 5.35. The summed E-state index contributed by atoms with van der Waals surface area (Å²) in [5.74, 6) is 0.915. The molecule has 1 aromatic heterocycles. The van der Waals surface area contributed by atoms with Crippen LogP contribution < -0.4 is 15.7 Å². The van der Waals surface area contributed by atoms with E-state index in [1.807, 2.05) is 12.1 Å². The van der Waals surface area contributed by atoms with Crippen LogP contribution in [0.25, 0.3) is 0 Å². The van der Waals surface area contributed by atoms with Crippen LogP contribution in [0.3, 0.4) is 0 Å². The van der Waals surface area contributed by atoms with Crippen LogP contribution in [0.1, 0.15) is 16.8 Å². The predicted molar refractivity (Wildman–Crippen MR) is 113 cm³/mol. The highest BCUT2D eigenvalue weighted by Crippen LogP contribution is 2.32. The summed E-state index contributed by atoms with van der Waals surface area (Å²) in [7, 11) is 0. The van der Waals surface area contributed by atoms with Gasteiger partial charge in [0.05, 0.1) is 16.3 Å². The summed E-state index contributed by atoms with van der Waals surface area (Å²) >= 11 is 18.3. The summed E-state index contributed by atoms with van der Waals surface area (Å²) in [6.07, 6.45) is 1.59. The number of aromatic nitrogens is 2. The molecule has 9 heteroatoms. The van der Waals surface area contributed by atoms with E-state index in [0.717, 1.165) is 5.56 Å². The van der Waals surface area contributed by atoms with Gasteiger partial charge in [-0.25, -0.2) is 10.4 Å². The maximum Gasteiger partial charge on any atom is 0.252 e. The monoisotopic (exact) mass is 436 g/mol. The summed E-state index contributed by atoms with van der Waals surface area (Å²) in [4.78, 5) is 18.0. The van der Waals surface area contributed by atoms with Crippen molar-refractivity contribution in [3.63, 3.8) is 0 Å². The van der Waals surface area contributed by atoms with Crippen LogP contribution >= 0.6 is 34.8 Å². The third-order valence-electron chi connectivity index (χ3n) is 3.66. The van der Waals surface area contributed by atoms with Crippen molar-refractivity contribution in [3.05, 3.63) is 84.7 Å². The Morgan fingerprint density at radius 1 is 1.14 bits per heavy atom. The first-order valence-corrected chi connectivity index (χ1v) is 9.28. The van der Waals surface area contributed by atoms with Crippen molar-refractivity contribution >= 4 is 47.0 Å². The van der Waals surface area contributed by atoms with Gasteiger partial charge in [-0.2, -0.15) is 5.10 Å². The molecule has 0 bridgehead atoms. The van der Waals surface area contributed by atoms with Crippen molar-refractivity contribution in [1.29, 1.82) is 0 Å². The topological polar surface area (TPSA) is 79.4 Å². The number of hydrazone groups is 1. The molecule has 1 heterocycles. The molecule has 0 saturated carbocycles. The number of aromatic amines is 1. The van der Waals surface area contributed by atoms with Gasteiger partial charge in [-0.3, -0.25) is 9.78 Å². The van der Waals surface area contributed by atoms with E-state index >= 15 is 0 Å². The van der Waals surface area contributed by atoms with Crippen molar-refractivity contribution in [2.24, 2.45) is 5.10 Å². The highest BCUT2D eigenvalue weighted by atomic mass is 35.5. The summed E-state index contributed by atoms with van der Waals surface area (Å²) in [6, 6.07) is 12.0. The van der Waals surface area contributed by atoms with Crippen LogP contribution in [0, 0.1) is 6.92 Å². The molecule has 3 rings (SSSR count). The van der Waals surface area contributed by atoms with Gasteiger partial charge in [0.25, 0.3) is 5.56 Å². The molecule has 2 N–H and O–H groups in total. The van der Waals surface area contributed by atoms with Gasteiger partial charge < -0.3 is 4.74 Å². The average Bonchev–Trinajstić information content (AvgIpc) is 2.65. The Bertz CT molecular complexity index is 1070. The maximum absolute atomic E-state index is 11.4. The second-order valence-corrected chi connectivity index (χ2v) is 6.98. The lowest BCUT2D eigenvalue weighted by atomic mass is 10.2. The lowest BCUT2D eigenvalue weighted by Crippen LogP contribution is -2.10. The fourth-order valence-corrected chi connectivity index (χ4v) is 2.96. The largest absolute Gasteiger partial charge is 0.489 e. The second kappa shape index (κ2) is 9.10. The van der Waals surface area contributed by atoms with Crippen molar-refractivity contribution in [3.8, 4) is 5.75 Å². The van der Waals surface area contributed by atoms with Crippen molar-refractivity contribution in [1.82, 2.24) is 9.97 Å². The molecule has 2 aromatic carbocycles. The predicted octanol–water partition coefficient (Wildman–Crippen LogP) is 5.06. The number of rotatable bonds is 6. The van der Waals surface area contributed by atoms with Crippen molar-refractivity contribution in [2.45, 2.75) is 13.5 Å². The van der Waals surface area contributed by atoms with Crippen LogP contribution in [-0.2, 0) is 6.61 Å². The Morgan fingerprint density at radius 3 is 2.57 bits per heavy atom. The molecule has 0 amide bonds. The van der Waals surface area contributed by atoms with Gasteiger partial charge in [0.1, 0.15) is 12.4 Å². The minimum Gasteiger partial charge on any atom is -0.489 e. The third kappa shape index (κ3) is 5.25. The molecule has 144 valence electrons. The Labute approximate surface area is 176 Å². The van der Waals surface area contributed by atoms with E-state index < -0.39 is 0 Å². The highest BCUT2D eigenvalue weighted by Gasteiger charge is 2.10. The molecule has 0 radical (unpaired) electrons. The lowest BCUT2D eigenvalue weighted by molar-refractivity contribution is 0.306. The van der Waals surface area contributed by atoms with E-state index in [0.29, 0.717) is 32.1 Å². The molecule has 0 unspecified atom stereocenters. The molecular formula is C19H15Cl3N4O2. The Hall–Kier alpha value is -2.54. The molecule has 3 aromatic rings. The van der Waals surface area contributed by atoms with Gasteiger partial charge in [-0.05, 0) is 48.9 Å².